The number of methoxy groups -OCH3 is 1. The number of ether oxygens (including phenoxy) is 1. The van der Waals surface area contributed by atoms with Crippen LogP contribution < -0.4 is 4.74 Å². The lowest BCUT2D eigenvalue weighted by atomic mass is 10.1. The number of sulfonamides is 1. The monoisotopic (exact) mass is 385 g/mol. The lowest BCUT2D eigenvalue weighted by molar-refractivity contribution is 0.394. The smallest absolute Gasteiger partial charge is 0.245 e. The number of benzene rings is 2. The first-order valence-corrected chi connectivity index (χ1v) is 9.74. The molecule has 0 saturated carbocycles. The van der Waals surface area contributed by atoms with E-state index in [4.69, 9.17) is 27.9 Å². The minimum absolute atomic E-state index is 0.0529. The number of hydrogen-bond donors (Lipinski definition) is 0. The normalized spacial score (nSPS) is 18.7. The van der Waals surface area contributed by atoms with Crippen molar-refractivity contribution in [3.63, 3.8) is 0 Å². The molecule has 2 aromatic rings. The maximum atomic E-state index is 13.1. The average Bonchev–Trinajstić information content (AvgIpc) is 3.08. The Kier molecular flexibility index (Phi) is 5.06. The molecule has 1 aliphatic rings. The van der Waals surface area contributed by atoms with Crippen LogP contribution in [-0.4, -0.2) is 26.4 Å². The van der Waals surface area contributed by atoms with Crippen molar-refractivity contribution in [2.45, 2.75) is 23.8 Å². The first kappa shape index (κ1) is 17.5. The lowest BCUT2D eigenvalue weighted by Crippen LogP contribution is -2.30. The minimum Gasteiger partial charge on any atom is -0.497 e. The Bertz CT molecular complexity index is 837. The SMILES string of the molecule is COc1ccc(C2CCCN2S(=O)(=O)c2cccc(Cl)c2Cl)cc1. The molecule has 4 nitrogen and oxygen atoms in total. The lowest BCUT2D eigenvalue weighted by Gasteiger charge is -2.25. The topological polar surface area (TPSA) is 46.6 Å². The van der Waals surface area contributed by atoms with E-state index in [1.165, 1.54) is 10.4 Å². The Morgan fingerprint density at radius 1 is 1.12 bits per heavy atom. The van der Waals surface area contributed by atoms with Gasteiger partial charge in [-0.05, 0) is 42.7 Å². The van der Waals surface area contributed by atoms with Gasteiger partial charge in [-0.3, -0.25) is 0 Å². The fourth-order valence-electron chi connectivity index (χ4n) is 3.00. The maximum absolute atomic E-state index is 13.1. The molecule has 1 fully saturated rings. The van der Waals surface area contributed by atoms with E-state index in [0.29, 0.717) is 6.54 Å². The molecule has 0 bridgehead atoms. The summed E-state index contributed by atoms with van der Waals surface area (Å²) >= 11 is 12.1. The van der Waals surface area contributed by atoms with Gasteiger partial charge in [-0.15, -0.1) is 0 Å². The average molecular weight is 386 g/mol. The highest BCUT2D eigenvalue weighted by Gasteiger charge is 2.37. The molecule has 1 atom stereocenters. The van der Waals surface area contributed by atoms with Gasteiger partial charge in [-0.2, -0.15) is 4.31 Å². The molecule has 1 unspecified atom stereocenters. The zero-order chi connectivity index (χ0) is 17.3. The third kappa shape index (κ3) is 3.14. The van der Waals surface area contributed by atoms with Gasteiger partial charge >= 0.3 is 0 Å². The third-order valence-electron chi connectivity index (χ3n) is 4.21. The molecule has 0 N–H and O–H groups in total. The predicted molar refractivity (Wildman–Crippen MR) is 95.3 cm³/mol. The van der Waals surface area contributed by atoms with Gasteiger partial charge in [0.05, 0.1) is 23.2 Å². The van der Waals surface area contributed by atoms with Crippen molar-refractivity contribution in [2.24, 2.45) is 0 Å². The van der Waals surface area contributed by atoms with Crippen LogP contribution in [0.1, 0.15) is 24.4 Å². The summed E-state index contributed by atoms with van der Waals surface area (Å²) in [6.07, 6.45) is 1.57. The van der Waals surface area contributed by atoms with Crippen LogP contribution in [0.25, 0.3) is 0 Å². The van der Waals surface area contributed by atoms with Crippen LogP contribution >= 0.6 is 23.2 Å². The van der Waals surface area contributed by atoms with Crippen molar-refractivity contribution in [2.75, 3.05) is 13.7 Å². The number of halogens is 2. The molecule has 0 aromatic heterocycles. The first-order chi connectivity index (χ1) is 11.4. The van der Waals surface area contributed by atoms with E-state index in [0.717, 1.165) is 24.2 Å². The molecule has 24 heavy (non-hydrogen) atoms. The zero-order valence-corrected chi connectivity index (χ0v) is 15.4. The summed E-state index contributed by atoms with van der Waals surface area (Å²) in [4.78, 5) is 0.0529. The summed E-state index contributed by atoms with van der Waals surface area (Å²) in [5, 5.41) is 0.303. The standard InChI is InChI=1S/C17H17Cl2NO3S/c1-23-13-9-7-12(8-10-13)15-5-3-11-20(15)24(21,22)16-6-2-4-14(18)17(16)19/h2,4,6-10,15H,3,5,11H2,1H3. The van der Waals surface area contributed by atoms with Crippen molar-refractivity contribution in [3.05, 3.63) is 58.1 Å². The first-order valence-electron chi connectivity index (χ1n) is 7.55. The zero-order valence-electron chi connectivity index (χ0n) is 13.1. The van der Waals surface area contributed by atoms with Gasteiger partial charge in [0.15, 0.2) is 0 Å². The van der Waals surface area contributed by atoms with Gasteiger partial charge in [0.2, 0.25) is 10.0 Å². The quantitative estimate of drug-likeness (QED) is 0.776. The summed E-state index contributed by atoms with van der Waals surface area (Å²) in [6, 6.07) is 11.9. The van der Waals surface area contributed by atoms with E-state index in [9.17, 15) is 8.42 Å². The van der Waals surface area contributed by atoms with Crippen molar-refractivity contribution >= 4 is 33.2 Å². The minimum atomic E-state index is -3.72. The van der Waals surface area contributed by atoms with Crippen LogP contribution in [0, 0.1) is 0 Å². The maximum Gasteiger partial charge on any atom is 0.245 e. The van der Waals surface area contributed by atoms with Crippen LogP contribution in [0.15, 0.2) is 47.4 Å². The van der Waals surface area contributed by atoms with Gasteiger partial charge < -0.3 is 4.74 Å². The molecule has 2 aromatic carbocycles. The Labute approximate surface area is 152 Å². The molecule has 0 radical (unpaired) electrons. The predicted octanol–water partition coefficient (Wildman–Crippen LogP) is 4.53. The fourth-order valence-corrected chi connectivity index (χ4v) is 5.42. The second kappa shape index (κ2) is 6.92. The van der Waals surface area contributed by atoms with E-state index in [-0.39, 0.29) is 21.0 Å². The van der Waals surface area contributed by atoms with E-state index < -0.39 is 10.0 Å². The Hall–Kier alpha value is -1.27. The van der Waals surface area contributed by atoms with Crippen LogP contribution in [0.2, 0.25) is 10.0 Å². The highest BCUT2D eigenvalue weighted by molar-refractivity contribution is 7.89. The van der Waals surface area contributed by atoms with Gasteiger partial charge in [0.1, 0.15) is 10.6 Å². The largest absolute Gasteiger partial charge is 0.497 e. The van der Waals surface area contributed by atoms with Gasteiger partial charge in [-0.25, -0.2) is 8.42 Å². The van der Waals surface area contributed by atoms with Crippen molar-refractivity contribution in [1.29, 1.82) is 0 Å². The number of hydrogen-bond acceptors (Lipinski definition) is 3. The summed E-state index contributed by atoms with van der Waals surface area (Å²) in [6.45, 7) is 0.460. The second-order valence-corrected chi connectivity index (χ2v) is 8.24. The fraction of sp³-hybridized carbons (Fsp3) is 0.294. The molecular formula is C17H17Cl2NO3S. The van der Waals surface area contributed by atoms with Crippen LogP contribution in [-0.2, 0) is 10.0 Å². The van der Waals surface area contributed by atoms with E-state index in [2.05, 4.69) is 0 Å². The molecule has 0 spiro atoms. The summed E-state index contributed by atoms with van der Waals surface area (Å²) < 4.78 is 32.8. The highest BCUT2D eigenvalue weighted by atomic mass is 35.5. The summed E-state index contributed by atoms with van der Waals surface area (Å²) in [5.74, 6) is 0.740. The second-order valence-electron chi connectivity index (χ2n) is 5.60. The van der Waals surface area contributed by atoms with Crippen molar-refractivity contribution < 1.29 is 13.2 Å². The molecular weight excluding hydrogens is 369 g/mol. The van der Waals surface area contributed by atoms with E-state index in [1.807, 2.05) is 24.3 Å². The summed E-state index contributed by atoms with van der Waals surface area (Å²) in [5.41, 5.74) is 0.940. The van der Waals surface area contributed by atoms with Crippen molar-refractivity contribution in [3.8, 4) is 5.75 Å². The van der Waals surface area contributed by atoms with Gasteiger partial charge in [0.25, 0.3) is 0 Å². The number of nitrogens with zero attached hydrogens (tertiary/aromatic N) is 1. The van der Waals surface area contributed by atoms with Crippen LogP contribution in [0.3, 0.4) is 0 Å². The van der Waals surface area contributed by atoms with E-state index in [1.54, 1.807) is 19.2 Å². The highest BCUT2D eigenvalue weighted by Crippen LogP contribution is 2.39. The molecule has 0 amide bonds. The van der Waals surface area contributed by atoms with Gasteiger partial charge in [-0.1, -0.05) is 41.4 Å². The molecule has 1 saturated heterocycles. The third-order valence-corrected chi connectivity index (χ3v) is 7.09. The molecule has 7 heteroatoms. The van der Waals surface area contributed by atoms with Crippen molar-refractivity contribution in [1.82, 2.24) is 4.31 Å². The molecule has 0 aliphatic carbocycles. The van der Waals surface area contributed by atoms with Crippen LogP contribution in [0.5, 0.6) is 5.75 Å². The van der Waals surface area contributed by atoms with Gasteiger partial charge in [0, 0.05) is 6.54 Å². The summed E-state index contributed by atoms with van der Waals surface area (Å²) in [7, 11) is -2.12. The molecule has 1 aliphatic heterocycles. The molecule has 128 valence electrons. The van der Waals surface area contributed by atoms with Crippen LogP contribution in [0.4, 0.5) is 0 Å². The molecule has 1 heterocycles. The van der Waals surface area contributed by atoms with E-state index >= 15 is 0 Å². The Balaban J connectivity index is 1.98. The molecule has 3 rings (SSSR count). The Morgan fingerprint density at radius 2 is 1.83 bits per heavy atom. The number of rotatable bonds is 4. The Morgan fingerprint density at radius 3 is 2.50 bits per heavy atom.